The van der Waals surface area contributed by atoms with Crippen molar-refractivity contribution in [2.75, 3.05) is 12.8 Å². The quantitative estimate of drug-likeness (QED) is 0.394. The number of azo groups is 1. The number of nitro benzene ring substituents is 1. The number of non-ortho nitro benzene ring substituents is 1. The van der Waals surface area contributed by atoms with Crippen molar-refractivity contribution < 1.29 is 9.66 Å². The van der Waals surface area contributed by atoms with Crippen molar-refractivity contribution in [1.29, 1.82) is 0 Å². The molecule has 2 aromatic rings. The van der Waals surface area contributed by atoms with Crippen LogP contribution in [0.3, 0.4) is 0 Å². The molecule has 0 radical (unpaired) electrons. The largest absolute Gasteiger partial charge is 0.495 e. The number of nitro groups is 1. The Hall–Kier alpha value is -2.67. The molecule has 0 fully saturated rings. The van der Waals surface area contributed by atoms with Gasteiger partial charge in [0.05, 0.1) is 28.4 Å². The Balaban J connectivity index is 2.27. The molecule has 0 bridgehead atoms. The van der Waals surface area contributed by atoms with Crippen LogP contribution in [0, 0.1) is 10.1 Å². The zero-order valence-corrected chi connectivity index (χ0v) is 11.7. The highest BCUT2D eigenvalue weighted by atomic mass is 35.5. The lowest BCUT2D eigenvalue weighted by molar-refractivity contribution is -0.384. The van der Waals surface area contributed by atoms with Crippen molar-refractivity contribution in [2.24, 2.45) is 10.2 Å². The molecule has 21 heavy (non-hydrogen) atoms. The van der Waals surface area contributed by atoms with E-state index in [0.717, 1.165) is 0 Å². The van der Waals surface area contributed by atoms with Crippen LogP contribution >= 0.6 is 11.6 Å². The van der Waals surface area contributed by atoms with Gasteiger partial charge in [-0.25, -0.2) is 0 Å². The summed E-state index contributed by atoms with van der Waals surface area (Å²) in [5.74, 6) is 0.487. The molecule has 0 aliphatic rings. The fourth-order valence-corrected chi connectivity index (χ4v) is 1.78. The Bertz CT molecular complexity index is 719. The van der Waals surface area contributed by atoms with E-state index in [4.69, 9.17) is 22.1 Å². The van der Waals surface area contributed by atoms with Crippen molar-refractivity contribution in [3.8, 4) is 5.75 Å². The van der Waals surface area contributed by atoms with Crippen LogP contribution in [-0.2, 0) is 0 Å². The molecule has 0 saturated heterocycles. The molecule has 0 aliphatic heterocycles. The lowest BCUT2D eigenvalue weighted by Crippen LogP contribution is -1.90. The first-order valence-electron chi connectivity index (χ1n) is 5.80. The van der Waals surface area contributed by atoms with E-state index in [1.807, 2.05) is 0 Å². The Kier molecular flexibility index (Phi) is 4.34. The zero-order valence-electron chi connectivity index (χ0n) is 11.0. The molecule has 0 heterocycles. The third-order valence-corrected chi connectivity index (χ3v) is 2.94. The molecule has 2 N–H and O–H groups in total. The highest BCUT2D eigenvalue weighted by Crippen LogP contribution is 2.32. The predicted octanol–water partition coefficient (Wildman–Crippen LogP) is 4.25. The van der Waals surface area contributed by atoms with E-state index in [1.54, 1.807) is 18.2 Å². The van der Waals surface area contributed by atoms with Gasteiger partial charge in [0.25, 0.3) is 5.69 Å². The number of benzene rings is 2. The van der Waals surface area contributed by atoms with Crippen LogP contribution in [0.4, 0.5) is 22.7 Å². The number of hydrogen-bond acceptors (Lipinski definition) is 6. The maximum atomic E-state index is 10.6. The molecule has 0 atom stereocenters. The molecule has 2 aromatic carbocycles. The van der Waals surface area contributed by atoms with Gasteiger partial charge in [0.1, 0.15) is 11.4 Å². The summed E-state index contributed by atoms with van der Waals surface area (Å²) >= 11 is 5.92. The van der Waals surface area contributed by atoms with E-state index in [-0.39, 0.29) is 10.7 Å². The number of ether oxygens (including phenoxy) is 1. The van der Waals surface area contributed by atoms with E-state index in [2.05, 4.69) is 10.2 Å². The molecule has 0 spiro atoms. The van der Waals surface area contributed by atoms with E-state index < -0.39 is 4.92 Å². The van der Waals surface area contributed by atoms with Crippen molar-refractivity contribution in [1.82, 2.24) is 0 Å². The molecular formula is C13H11ClN4O3. The molecule has 8 heteroatoms. The Morgan fingerprint density at radius 2 is 2.00 bits per heavy atom. The van der Waals surface area contributed by atoms with Gasteiger partial charge in [-0.2, -0.15) is 5.11 Å². The van der Waals surface area contributed by atoms with Gasteiger partial charge in [-0.1, -0.05) is 11.6 Å². The summed E-state index contributed by atoms with van der Waals surface area (Å²) in [4.78, 5) is 10.1. The summed E-state index contributed by atoms with van der Waals surface area (Å²) in [6, 6.07) is 8.89. The van der Waals surface area contributed by atoms with Crippen LogP contribution in [0.15, 0.2) is 46.6 Å². The SMILES string of the molecule is COc1cc(/N=N/c2ccc([N+](=O)[O-])cc2Cl)ccc1N. The van der Waals surface area contributed by atoms with E-state index in [1.165, 1.54) is 25.3 Å². The highest BCUT2D eigenvalue weighted by Gasteiger charge is 2.09. The van der Waals surface area contributed by atoms with E-state index in [0.29, 0.717) is 22.8 Å². The van der Waals surface area contributed by atoms with Crippen LogP contribution in [0.1, 0.15) is 0 Å². The smallest absolute Gasteiger partial charge is 0.271 e. The molecule has 0 aromatic heterocycles. The first-order chi connectivity index (χ1) is 10.0. The second-order valence-electron chi connectivity index (χ2n) is 4.02. The standard InChI is InChI=1S/C13H11ClN4O3/c1-21-13-6-8(2-4-11(13)15)16-17-12-5-3-9(18(19)20)7-10(12)14/h2-7H,15H2,1H3/b17-16+. The number of nitrogens with zero attached hydrogens (tertiary/aromatic N) is 3. The molecule has 108 valence electrons. The Morgan fingerprint density at radius 1 is 1.24 bits per heavy atom. The first kappa shape index (κ1) is 14.7. The molecule has 7 nitrogen and oxygen atoms in total. The fourth-order valence-electron chi connectivity index (χ4n) is 1.56. The molecule has 0 amide bonds. The minimum Gasteiger partial charge on any atom is -0.495 e. The number of halogens is 1. The van der Waals surface area contributed by atoms with Crippen LogP contribution in [0.5, 0.6) is 5.75 Å². The van der Waals surface area contributed by atoms with Crippen molar-refractivity contribution >= 4 is 34.4 Å². The Morgan fingerprint density at radius 3 is 2.62 bits per heavy atom. The van der Waals surface area contributed by atoms with Gasteiger partial charge in [0.2, 0.25) is 0 Å². The van der Waals surface area contributed by atoms with Gasteiger partial charge >= 0.3 is 0 Å². The number of methoxy groups -OCH3 is 1. The summed E-state index contributed by atoms with van der Waals surface area (Å²) in [5.41, 5.74) is 6.94. The molecule has 0 aliphatic carbocycles. The van der Waals surface area contributed by atoms with Gasteiger partial charge in [0.15, 0.2) is 0 Å². The summed E-state index contributed by atoms with van der Waals surface area (Å²) in [7, 11) is 1.50. The topological polar surface area (TPSA) is 103 Å². The van der Waals surface area contributed by atoms with Crippen LogP contribution in [-0.4, -0.2) is 12.0 Å². The predicted molar refractivity (Wildman–Crippen MR) is 79.7 cm³/mol. The van der Waals surface area contributed by atoms with Crippen molar-refractivity contribution in [3.05, 3.63) is 51.5 Å². The van der Waals surface area contributed by atoms with Gasteiger partial charge in [-0.05, 0) is 18.2 Å². The molecule has 0 saturated carbocycles. The maximum absolute atomic E-state index is 10.6. The minimum absolute atomic E-state index is 0.104. The van der Waals surface area contributed by atoms with Crippen LogP contribution in [0.2, 0.25) is 5.02 Å². The van der Waals surface area contributed by atoms with Gasteiger partial charge in [-0.15, -0.1) is 5.11 Å². The van der Waals surface area contributed by atoms with Crippen LogP contribution in [0.25, 0.3) is 0 Å². The number of nitrogen functional groups attached to an aromatic ring is 1. The summed E-state index contributed by atoms with van der Waals surface area (Å²) < 4.78 is 5.08. The third kappa shape index (κ3) is 3.46. The second kappa shape index (κ2) is 6.19. The summed E-state index contributed by atoms with van der Waals surface area (Å²) in [6.07, 6.45) is 0. The third-order valence-electron chi connectivity index (χ3n) is 2.63. The number of rotatable bonds is 4. The normalized spacial score (nSPS) is 10.8. The minimum atomic E-state index is -0.530. The number of anilines is 1. The summed E-state index contributed by atoms with van der Waals surface area (Å²) in [5, 5.41) is 18.7. The number of nitrogens with two attached hydrogens (primary N) is 1. The van der Waals surface area contributed by atoms with Gasteiger partial charge in [0, 0.05) is 18.2 Å². The fraction of sp³-hybridized carbons (Fsp3) is 0.0769. The monoisotopic (exact) mass is 306 g/mol. The molecule has 2 rings (SSSR count). The molecule has 0 unspecified atom stereocenters. The Labute approximate surface area is 125 Å². The highest BCUT2D eigenvalue weighted by molar-refractivity contribution is 6.33. The van der Waals surface area contributed by atoms with Crippen LogP contribution < -0.4 is 10.5 Å². The first-order valence-corrected chi connectivity index (χ1v) is 6.18. The zero-order chi connectivity index (χ0) is 15.4. The van der Waals surface area contributed by atoms with Crippen molar-refractivity contribution in [2.45, 2.75) is 0 Å². The average Bonchev–Trinajstić information content (AvgIpc) is 2.47. The maximum Gasteiger partial charge on any atom is 0.271 e. The summed E-state index contributed by atoms with van der Waals surface area (Å²) in [6.45, 7) is 0. The van der Waals surface area contributed by atoms with Gasteiger partial charge in [-0.3, -0.25) is 10.1 Å². The van der Waals surface area contributed by atoms with E-state index in [9.17, 15) is 10.1 Å². The molecular weight excluding hydrogens is 296 g/mol. The van der Waals surface area contributed by atoms with Crippen molar-refractivity contribution in [3.63, 3.8) is 0 Å². The lowest BCUT2D eigenvalue weighted by atomic mass is 10.2. The van der Waals surface area contributed by atoms with Gasteiger partial charge < -0.3 is 10.5 Å². The number of hydrogen-bond donors (Lipinski definition) is 1. The lowest BCUT2D eigenvalue weighted by Gasteiger charge is -2.04. The second-order valence-corrected chi connectivity index (χ2v) is 4.43. The average molecular weight is 307 g/mol. The van der Waals surface area contributed by atoms with E-state index >= 15 is 0 Å².